The maximum absolute atomic E-state index is 3.43. The Hall–Kier alpha value is -0.120. The third-order valence-corrected chi connectivity index (χ3v) is 3.45. The van der Waals surface area contributed by atoms with Gasteiger partial charge in [-0.05, 0) is 32.9 Å². The van der Waals surface area contributed by atoms with Crippen molar-refractivity contribution in [2.24, 2.45) is 5.92 Å². The van der Waals surface area contributed by atoms with Crippen molar-refractivity contribution < 1.29 is 0 Å². The largest absolute Gasteiger partial charge is 0.317 e. The molecule has 3 nitrogen and oxygen atoms in total. The summed E-state index contributed by atoms with van der Waals surface area (Å²) in [5.74, 6) is 0.769. The third-order valence-electron chi connectivity index (χ3n) is 3.45. The number of piperazine rings is 1. The van der Waals surface area contributed by atoms with E-state index in [9.17, 15) is 0 Å². The summed E-state index contributed by atoms with van der Waals surface area (Å²) in [4.78, 5) is 5.19. The molecule has 1 atom stereocenters. The van der Waals surface area contributed by atoms with Crippen LogP contribution in [0.25, 0.3) is 0 Å². The standard InChI is InChI=1S/C13H29N3/c1-5-14-10-13(4)11-15-6-8-16(9-7-15)12(2)3/h12-14H,5-11H2,1-4H3. The van der Waals surface area contributed by atoms with Gasteiger partial charge < -0.3 is 10.2 Å². The van der Waals surface area contributed by atoms with Crippen molar-refractivity contribution in [1.29, 1.82) is 0 Å². The van der Waals surface area contributed by atoms with Crippen LogP contribution >= 0.6 is 0 Å². The lowest BCUT2D eigenvalue weighted by Crippen LogP contribution is -2.50. The van der Waals surface area contributed by atoms with Gasteiger partial charge in [0.15, 0.2) is 0 Å². The van der Waals surface area contributed by atoms with E-state index in [1.54, 1.807) is 0 Å². The minimum absolute atomic E-state index is 0.710. The summed E-state index contributed by atoms with van der Waals surface area (Å²) in [6.45, 7) is 17.6. The van der Waals surface area contributed by atoms with Crippen LogP contribution < -0.4 is 5.32 Å². The molecule has 0 aliphatic carbocycles. The highest BCUT2D eigenvalue weighted by Crippen LogP contribution is 2.07. The number of nitrogens with one attached hydrogen (secondary N) is 1. The quantitative estimate of drug-likeness (QED) is 0.737. The van der Waals surface area contributed by atoms with E-state index >= 15 is 0 Å². The van der Waals surface area contributed by atoms with Gasteiger partial charge in [-0.2, -0.15) is 0 Å². The first-order valence-electron chi connectivity index (χ1n) is 6.80. The first-order chi connectivity index (χ1) is 7.63. The molecule has 1 heterocycles. The van der Waals surface area contributed by atoms with Crippen LogP contribution in [0, 0.1) is 5.92 Å². The predicted octanol–water partition coefficient (Wildman–Crippen LogP) is 1.26. The van der Waals surface area contributed by atoms with Crippen LogP contribution in [0.4, 0.5) is 0 Å². The molecule has 0 saturated carbocycles. The molecule has 1 N–H and O–H groups in total. The van der Waals surface area contributed by atoms with Gasteiger partial charge in [0.2, 0.25) is 0 Å². The van der Waals surface area contributed by atoms with E-state index in [-0.39, 0.29) is 0 Å². The van der Waals surface area contributed by atoms with E-state index in [2.05, 4.69) is 42.8 Å². The molecule has 0 aromatic rings. The van der Waals surface area contributed by atoms with Gasteiger partial charge in [-0.15, -0.1) is 0 Å². The van der Waals surface area contributed by atoms with Crippen molar-refractivity contribution in [3.63, 3.8) is 0 Å². The van der Waals surface area contributed by atoms with Gasteiger partial charge in [0.05, 0.1) is 0 Å². The van der Waals surface area contributed by atoms with E-state index in [0.29, 0.717) is 6.04 Å². The Morgan fingerprint density at radius 2 is 1.69 bits per heavy atom. The molecule has 96 valence electrons. The van der Waals surface area contributed by atoms with Gasteiger partial charge in [0.1, 0.15) is 0 Å². The molecule has 1 saturated heterocycles. The normalized spacial score (nSPS) is 21.6. The van der Waals surface area contributed by atoms with E-state index in [1.165, 1.54) is 32.7 Å². The number of hydrogen-bond acceptors (Lipinski definition) is 3. The molecular weight excluding hydrogens is 198 g/mol. The fourth-order valence-electron chi connectivity index (χ4n) is 2.36. The summed E-state index contributed by atoms with van der Waals surface area (Å²) in [7, 11) is 0. The van der Waals surface area contributed by atoms with Crippen LogP contribution in [0.5, 0.6) is 0 Å². The Bertz CT molecular complexity index is 174. The van der Waals surface area contributed by atoms with Gasteiger partial charge in [-0.3, -0.25) is 4.90 Å². The smallest absolute Gasteiger partial charge is 0.0113 e. The highest BCUT2D eigenvalue weighted by Gasteiger charge is 2.19. The van der Waals surface area contributed by atoms with Crippen molar-refractivity contribution in [2.45, 2.75) is 33.7 Å². The zero-order valence-corrected chi connectivity index (χ0v) is 11.5. The Labute approximate surface area is 101 Å². The van der Waals surface area contributed by atoms with E-state index < -0.39 is 0 Å². The van der Waals surface area contributed by atoms with Gasteiger partial charge >= 0.3 is 0 Å². The molecule has 0 aromatic carbocycles. The average Bonchev–Trinajstić information content (AvgIpc) is 2.27. The second kappa shape index (κ2) is 7.25. The SMILES string of the molecule is CCNCC(C)CN1CCN(C(C)C)CC1. The molecule has 0 aromatic heterocycles. The second-order valence-corrected chi connectivity index (χ2v) is 5.34. The molecule has 3 heteroatoms. The number of hydrogen-bond donors (Lipinski definition) is 1. The van der Waals surface area contributed by atoms with Gasteiger partial charge in [0.25, 0.3) is 0 Å². The van der Waals surface area contributed by atoms with Gasteiger partial charge in [-0.25, -0.2) is 0 Å². The summed E-state index contributed by atoms with van der Waals surface area (Å²) < 4.78 is 0. The highest BCUT2D eigenvalue weighted by atomic mass is 15.3. The van der Waals surface area contributed by atoms with Crippen molar-refractivity contribution in [3.8, 4) is 0 Å². The summed E-state index contributed by atoms with van der Waals surface area (Å²) in [5, 5.41) is 3.43. The lowest BCUT2D eigenvalue weighted by molar-refractivity contribution is 0.0986. The maximum Gasteiger partial charge on any atom is 0.0113 e. The molecule has 0 amide bonds. The fourth-order valence-corrected chi connectivity index (χ4v) is 2.36. The Morgan fingerprint density at radius 1 is 1.06 bits per heavy atom. The molecule has 0 radical (unpaired) electrons. The minimum Gasteiger partial charge on any atom is -0.317 e. The number of nitrogens with zero attached hydrogens (tertiary/aromatic N) is 2. The Balaban J connectivity index is 2.16. The zero-order chi connectivity index (χ0) is 12.0. The monoisotopic (exact) mass is 227 g/mol. The Kier molecular flexibility index (Phi) is 6.32. The first-order valence-corrected chi connectivity index (χ1v) is 6.80. The van der Waals surface area contributed by atoms with Crippen LogP contribution in [0.3, 0.4) is 0 Å². The highest BCUT2D eigenvalue weighted by molar-refractivity contribution is 4.75. The topological polar surface area (TPSA) is 18.5 Å². The molecule has 1 aliphatic heterocycles. The van der Waals surface area contributed by atoms with Crippen molar-refractivity contribution in [2.75, 3.05) is 45.8 Å². The maximum atomic E-state index is 3.43. The van der Waals surface area contributed by atoms with E-state index in [4.69, 9.17) is 0 Å². The molecular formula is C13H29N3. The second-order valence-electron chi connectivity index (χ2n) is 5.34. The molecule has 1 rings (SSSR count). The van der Waals surface area contributed by atoms with Crippen molar-refractivity contribution in [3.05, 3.63) is 0 Å². The van der Waals surface area contributed by atoms with Crippen LogP contribution in [0.1, 0.15) is 27.7 Å². The van der Waals surface area contributed by atoms with Crippen molar-refractivity contribution >= 4 is 0 Å². The van der Waals surface area contributed by atoms with Gasteiger partial charge in [-0.1, -0.05) is 13.8 Å². The Morgan fingerprint density at radius 3 is 2.19 bits per heavy atom. The first kappa shape index (κ1) is 13.9. The van der Waals surface area contributed by atoms with E-state index in [1.807, 2.05) is 0 Å². The lowest BCUT2D eigenvalue weighted by Gasteiger charge is -2.37. The third kappa shape index (κ3) is 4.81. The van der Waals surface area contributed by atoms with Crippen LogP contribution in [0.15, 0.2) is 0 Å². The van der Waals surface area contributed by atoms with Gasteiger partial charge in [0, 0.05) is 38.8 Å². The van der Waals surface area contributed by atoms with E-state index in [0.717, 1.165) is 19.0 Å². The average molecular weight is 227 g/mol. The molecule has 0 bridgehead atoms. The molecule has 1 unspecified atom stereocenters. The zero-order valence-electron chi connectivity index (χ0n) is 11.5. The van der Waals surface area contributed by atoms with Crippen LogP contribution in [-0.4, -0.2) is 61.7 Å². The molecule has 16 heavy (non-hydrogen) atoms. The summed E-state index contributed by atoms with van der Waals surface area (Å²) in [6, 6.07) is 0.710. The number of rotatable bonds is 6. The summed E-state index contributed by atoms with van der Waals surface area (Å²) in [5.41, 5.74) is 0. The molecule has 1 aliphatic rings. The van der Waals surface area contributed by atoms with Crippen LogP contribution in [-0.2, 0) is 0 Å². The minimum atomic E-state index is 0.710. The summed E-state index contributed by atoms with van der Waals surface area (Å²) in [6.07, 6.45) is 0. The predicted molar refractivity (Wildman–Crippen MR) is 70.9 cm³/mol. The molecule has 1 fully saturated rings. The van der Waals surface area contributed by atoms with Crippen molar-refractivity contribution in [1.82, 2.24) is 15.1 Å². The summed E-state index contributed by atoms with van der Waals surface area (Å²) >= 11 is 0. The molecule has 0 spiro atoms. The fraction of sp³-hybridized carbons (Fsp3) is 1.00. The van der Waals surface area contributed by atoms with Crippen LogP contribution in [0.2, 0.25) is 0 Å². The lowest BCUT2D eigenvalue weighted by atomic mass is 10.1.